The average molecular weight is 264 g/mol. The normalized spacial score (nSPS) is 19.3. The number of likely N-dealkylation sites (N-methyl/N-ethyl adjacent to an activating group) is 1. The summed E-state index contributed by atoms with van der Waals surface area (Å²) < 4.78 is 5.62. The van der Waals surface area contributed by atoms with Crippen molar-refractivity contribution in [3.8, 4) is 5.75 Å². The fraction of sp³-hybridized carbons (Fsp3) is 0.600. The van der Waals surface area contributed by atoms with E-state index in [-0.39, 0.29) is 0 Å². The lowest BCUT2D eigenvalue weighted by atomic mass is 10.2. The van der Waals surface area contributed by atoms with Gasteiger partial charge in [0.2, 0.25) is 0 Å². The van der Waals surface area contributed by atoms with Crippen molar-refractivity contribution in [2.75, 3.05) is 46.4 Å². The van der Waals surface area contributed by atoms with Crippen molar-refractivity contribution in [3.63, 3.8) is 0 Å². The van der Waals surface area contributed by atoms with E-state index in [9.17, 15) is 5.11 Å². The fourth-order valence-electron chi connectivity index (χ4n) is 2.28. The van der Waals surface area contributed by atoms with Gasteiger partial charge in [-0.25, -0.2) is 0 Å². The summed E-state index contributed by atoms with van der Waals surface area (Å²) in [5.41, 5.74) is 1.17. The van der Waals surface area contributed by atoms with Crippen molar-refractivity contribution in [1.29, 1.82) is 0 Å². The molecule has 1 saturated heterocycles. The van der Waals surface area contributed by atoms with Gasteiger partial charge in [-0.1, -0.05) is 12.1 Å². The van der Waals surface area contributed by atoms with Crippen LogP contribution in [-0.2, 0) is 0 Å². The van der Waals surface area contributed by atoms with Gasteiger partial charge in [0.25, 0.3) is 0 Å². The van der Waals surface area contributed by atoms with E-state index in [1.807, 2.05) is 31.2 Å². The second-order valence-corrected chi connectivity index (χ2v) is 5.39. The van der Waals surface area contributed by atoms with Crippen LogP contribution in [0.3, 0.4) is 0 Å². The van der Waals surface area contributed by atoms with Crippen LogP contribution in [0.1, 0.15) is 5.56 Å². The molecule has 4 heteroatoms. The maximum atomic E-state index is 10.0. The highest BCUT2D eigenvalue weighted by Crippen LogP contribution is 2.12. The van der Waals surface area contributed by atoms with E-state index in [1.165, 1.54) is 5.56 Å². The van der Waals surface area contributed by atoms with Crippen molar-refractivity contribution < 1.29 is 9.84 Å². The van der Waals surface area contributed by atoms with Crippen LogP contribution in [0.4, 0.5) is 0 Å². The van der Waals surface area contributed by atoms with Gasteiger partial charge in [-0.2, -0.15) is 0 Å². The number of aryl methyl sites for hydroxylation is 1. The molecule has 1 aliphatic heterocycles. The number of aliphatic hydroxyl groups excluding tert-OH is 1. The highest BCUT2D eigenvalue weighted by molar-refractivity contribution is 5.27. The second kappa shape index (κ2) is 6.89. The summed E-state index contributed by atoms with van der Waals surface area (Å²) in [7, 11) is 2.13. The van der Waals surface area contributed by atoms with E-state index in [0.717, 1.165) is 31.9 Å². The topological polar surface area (TPSA) is 35.9 Å². The molecular formula is C15H24N2O2. The minimum absolute atomic E-state index is 0.357. The number of aliphatic hydroxyl groups is 1. The van der Waals surface area contributed by atoms with Gasteiger partial charge in [0, 0.05) is 32.7 Å². The average Bonchev–Trinajstić information content (AvgIpc) is 2.39. The Morgan fingerprint density at radius 1 is 1.26 bits per heavy atom. The van der Waals surface area contributed by atoms with Crippen LogP contribution in [0.5, 0.6) is 5.75 Å². The molecule has 1 N–H and O–H groups in total. The Kier molecular flexibility index (Phi) is 5.19. The highest BCUT2D eigenvalue weighted by Gasteiger charge is 2.17. The lowest BCUT2D eigenvalue weighted by Crippen LogP contribution is -2.47. The molecule has 1 unspecified atom stereocenters. The van der Waals surface area contributed by atoms with Gasteiger partial charge >= 0.3 is 0 Å². The number of ether oxygens (including phenoxy) is 1. The van der Waals surface area contributed by atoms with E-state index in [1.54, 1.807) is 0 Å². The van der Waals surface area contributed by atoms with Crippen LogP contribution in [0.2, 0.25) is 0 Å². The molecule has 4 nitrogen and oxygen atoms in total. The summed E-state index contributed by atoms with van der Waals surface area (Å²) >= 11 is 0. The molecule has 0 saturated carbocycles. The van der Waals surface area contributed by atoms with Crippen LogP contribution in [0.15, 0.2) is 24.3 Å². The molecule has 0 amide bonds. The molecule has 0 aromatic heterocycles. The first-order valence-electron chi connectivity index (χ1n) is 6.92. The van der Waals surface area contributed by atoms with Gasteiger partial charge in [0.1, 0.15) is 18.5 Å². The Hall–Kier alpha value is -1.10. The Balaban J connectivity index is 1.71. The van der Waals surface area contributed by atoms with Crippen molar-refractivity contribution in [2.45, 2.75) is 13.0 Å². The molecule has 1 atom stereocenters. The summed E-state index contributed by atoms with van der Waals surface area (Å²) in [4.78, 5) is 4.61. The Bertz CT molecular complexity index is 389. The standard InChI is InChI=1S/C15H24N2O2/c1-13-4-3-5-15(10-13)19-12-14(18)11-17-8-6-16(2)7-9-17/h3-5,10,14,18H,6-9,11-12H2,1-2H3. The van der Waals surface area contributed by atoms with Crippen LogP contribution in [0.25, 0.3) is 0 Å². The van der Waals surface area contributed by atoms with E-state index in [4.69, 9.17) is 4.74 Å². The summed E-state index contributed by atoms with van der Waals surface area (Å²) in [6, 6.07) is 7.92. The van der Waals surface area contributed by atoms with Crippen molar-refractivity contribution in [3.05, 3.63) is 29.8 Å². The SMILES string of the molecule is Cc1cccc(OCC(O)CN2CCN(C)CC2)c1. The van der Waals surface area contributed by atoms with Gasteiger partial charge < -0.3 is 14.7 Å². The van der Waals surface area contributed by atoms with Gasteiger partial charge in [-0.05, 0) is 31.7 Å². The van der Waals surface area contributed by atoms with E-state index >= 15 is 0 Å². The number of hydrogen-bond donors (Lipinski definition) is 1. The Labute approximate surface area is 115 Å². The predicted octanol–water partition coefficient (Wildman–Crippen LogP) is 0.982. The van der Waals surface area contributed by atoms with Crippen LogP contribution in [-0.4, -0.2) is 67.4 Å². The number of nitrogens with zero attached hydrogens (tertiary/aromatic N) is 2. The number of piperazine rings is 1. The summed E-state index contributed by atoms with van der Waals surface area (Å²) in [5.74, 6) is 0.831. The van der Waals surface area contributed by atoms with Gasteiger partial charge in [-0.15, -0.1) is 0 Å². The quantitative estimate of drug-likeness (QED) is 0.860. The first-order valence-corrected chi connectivity index (χ1v) is 6.92. The van der Waals surface area contributed by atoms with Crippen molar-refractivity contribution >= 4 is 0 Å². The summed E-state index contributed by atoms with van der Waals surface area (Å²) in [6.07, 6.45) is -0.427. The fourth-order valence-corrected chi connectivity index (χ4v) is 2.28. The smallest absolute Gasteiger partial charge is 0.119 e. The minimum Gasteiger partial charge on any atom is -0.491 e. The zero-order valence-corrected chi connectivity index (χ0v) is 11.9. The predicted molar refractivity (Wildman–Crippen MR) is 76.6 cm³/mol. The Morgan fingerprint density at radius 2 is 2.00 bits per heavy atom. The largest absolute Gasteiger partial charge is 0.491 e. The molecular weight excluding hydrogens is 240 g/mol. The summed E-state index contributed by atoms with van der Waals surface area (Å²) in [6.45, 7) is 7.29. The minimum atomic E-state index is -0.427. The van der Waals surface area contributed by atoms with E-state index in [0.29, 0.717) is 13.2 Å². The van der Waals surface area contributed by atoms with Crippen LogP contribution in [0, 0.1) is 6.92 Å². The molecule has 106 valence electrons. The molecule has 1 fully saturated rings. The third-order valence-electron chi connectivity index (χ3n) is 3.50. The molecule has 2 rings (SSSR count). The molecule has 1 heterocycles. The zero-order valence-electron chi connectivity index (χ0n) is 11.9. The first-order chi connectivity index (χ1) is 9.13. The third-order valence-corrected chi connectivity index (χ3v) is 3.50. The maximum absolute atomic E-state index is 10.0. The number of β-amino-alcohol motifs (C(OH)–C–C–N with tert-alkyl or cyclic N) is 1. The van der Waals surface area contributed by atoms with Crippen molar-refractivity contribution in [1.82, 2.24) is 9.80 Å². The second-order valence-electron chi connectivity index (χ2n) is 5.39. The third kappa shape index (κ3) is 4.82. The van der Waals surface area contributed by atoms with Gasteiger partial charge in [0.05, 0.1) is 0 Å². The molecule has 0 bridgehead atoms. The number of benzene rings is 1. The molecule has 0 aliphatic carbocycles. The van der Waals surface area contributed by atoms with E-state index in [2.05, 4.69) is 16.8 Å². The van der Waals surface area contributed by atoms with Gasteiger partial charge in [0.15, 0.2) is 0 Å². The molecule has 1 aromatic rings. The number of hydrogen-bond acceptors (Lipinski definition) is 4. The van der Waals surface area contributed by atoms with E-state index < -0.39 is 6.10 Å². The molecule has 0 spiro atoms. The first kappa shape index (κ1) is 14.3. The molecule has 19 heavy (non-hydrogen) atoms. The maximum Gasteiger partial charge on any atom is 0.119 e. The summed E-state index contributed by atoms with van der Waals surface area (Å²) in [5, 5.41) is 10.0. The zero-order chi connectivity index (χ0) is 13.7. The molecule has 1 aromatic carbocycles. The molecule has 0 radical (unpaired) electrons. The highest BCUT2D eigenvalue weighted by atomic mass is 16.5. The monoisotopic (exact) mass is 264 g/mol. The number of rotatable bonds is 5. The lowest BCUT2D eigenvalue weighted by Gasteiger charge is -2.33. The lowest BCUT2D eigenvalue weighted by molar-refractivity contribution is 0.0504. The van der Waals surface area contributed by atoms with Crippen LogP contribution < -0.4 is 4.74 Å². The van der Waals surface area contributed by atoms with Crippen molar-refractivity contribution in [2.24, 2.45) is 0 Å². The van der Waals surface area contributed by atoms with Gasteiger partial charge in [-0.3, -0.25) is 4.90 Å². The Morgan fingerprint density at radius 3 is 2.68 bits per heavy atom. The molecule has 1 aliphatic rings. The van der Waals surface area contributed by atoms with Crippen LogP contribution >= 0.6 is 0 Å².